The Balaban J connectivity index is 1.45. The normalized spacial score (nSPS) is 25.9. The molecule has 0 aliphatic carbocycles. The van der Waals surface area contributed by atoms with Gasteiger partial charge in [0.05, 0.1) is 6.04 Å². The van der Waals surface area contributed by atoms with Gasteiger partial charge in [-0.05, 0) is 43.9 Å². The van der Waals surface area contributed by atoms with E-state index < -0.39 is 0 Å². The predicted molar refractivity (Wildman–Crippen MR) is 80.8 cm³/mol. The van der Waals surface area contributed by atoms with Crippen LogP contribution in [0.3, 0.4) is 0 Å². The van der Waals surface area contributed by atoms with Crippen LogP contribution in [0.4, 0.5) is 5.69 Å². The lowest BCUT2D eigenvalue weighted by atomic mass is 10.1. The van der Waals surface area contributed by atoms with Crippen LogP contribution in [0.15, 0.2) is 30.3 Å². The highest BCUT2D eigenvalue weighted by molar-refractivity contribution is 5.82. The van der Waals surface area contributed by atoms with E-state index in [9.17, 15) is 4.79 Å². The molecule has 20 heavy (non-hydrogen) atoms. The van der Waals surface area contributed by atoms with Crippen molar-refractivity contribution in [2.45, 2.75) is 25.3 Å². The van der Waals surface area contributed by atoms with E-state index >= 15 is 0 Å². The molecule has 0 radical (unpaired) electrons. The summed E-state index contributed by atoms with van der Waals surface area (Å²) in [6, 6.07) is 10.6. The van der Waals surface area contributed by atoms with Gasteiger partial charge in [-0.25, -0.2) is 0 Å². The number of para-hydroxylation sites is 1. The van der Waals surface area contributed by atoms with Crippen molar-refractivity contribution in [1.29, 1.82) is 0 Å². The van der Waals surface area contributed by atoms with Gasteiger partial charge in [0.25, 0.3) is 0 Å². The van der Waals surface area contributed by atoms with Gasteiger partial charge in [-0.15, -0.1) is 0 Å². The second-order valence-corrected chi connectivity index (χ2v) is 5.83. The molecule has 2 saturated heterocycles. The first-order chi connectivity index (χ1) is 9.83. The summed E-state index contributed by atoms with van der Waals surface area (Å²) < 4.78 is 0. The van der Waals surface area contributed by atoms with Gasteiger partial charge in [0.2, 0.25) is 5.91 Å². The van der Waals surface area contributed by atoms with Gasteiger partial charge in [-0.3, -0.25) is 4.79 Å². The van der Waals surface area contributed by atoms with Gasteiger partial charge in [0.15, 0.2) is 0 Å². The topological polar surface area (TPSA) is 44.4 Å². The molecule has 2 N–H and O–H groups in total. The zero-order chi connectivity index (χ0) is 13.8. The highest BCUT2D eigenvalue weighted by Crippen LogP contribution is 2.22. The third-order valence-electron chi connectivity index (χ3n) is 4.35. The Bertz CT molecular complexity index is 442. The van der Waals surface area contributed by atoms with Crippen LogP contribution in [-0.2, 0) is 4.79 Å². The second-order valence-electron chi connectivity index (χ2n) is 5.83. The molecule has 0 bridgehead atoms. The number of carbonyl (C=O) groups excluding carboxylic acids is 1. The molecule has 2 heterocycles. The monoisotopic (exact) mass is 273 g/mol. The van der Waals surface area contributed by atoms with Crippen molar-refractivity contribution in [3.8, 4) is 0 Å². The standard InChI is InChI=1S/C16H23N3O/c20-16(15-7-4-9-17-15)18-11-13-8-10-19(12-13)14-5-2-1-3-6-14/h1-3,5-6,13,15,17H,4,7-12H2,(H,18,20). The van der Waals surface area contributed by atoms with Crippen molar-refractivity contribution in [3.05, 3.63) is 30.3 Å². The lowest BCUT2D eigenvalue weighted by Crippen LogP contribution is -2.42. The number of rotatable bonds is 4. The number of amides is 1. The summed E-state index contributed by atoms with van der Waals surface area (Å²) in [6.07, 6.45) is 3.25. The number of hydrogen-bond acceptors (Lipinski definition) is 3. The SMILES string of the molecule is O=C(NCC1CCN(c2ccccc2)C1)C1CCCN1. The van der Waals surface area contributed by atoms with Crippen LogP contribution in [0.25, 0.3) is 0 Å². The van der Waals surface area contributed by atoms with E-state index in [-0.39, 0.29) is 11.9 Å². The molecule has 0 spiro atoms. The largest absolute Gasteiger partial charge is 0.371 e. The fourth-order valence-corrected chi connectivity index (χ4v) is 3.15. The molecule has 4 nitrogen and oxygen atoms in total. The summed E-state index contributed by atoms with van der Waals surface area (Å²) in [6.45, 7) is 3.91. The molecular weight excluding hydrogens is 250 g/mol. The van der Waals surface area contributed by atoms with Gasteiger partial charge < -0.3 is 15.5 Å². The Morgan fingerprint density at radius 2 is 2.15 bits per heavy atom. The molecule has 1 amide bonds. The van der Waals surface area contributed by atoms with Crippen molar-refractivity contribution in [2.75, 3.05) is 31.1 Å². The van der Waals surface area contributed by atoms with Gasteiger partial charge in [0.1, 0.15) is 0 Å². The Kier molecular flexibility index (Phi) is 4.21. The van der Waals surface area contributed by atoms with Crippen LogP contribution in [0.2, 0.25) is 0 Å². The quantitative estimate of drug-likeness (QED) is 0.871. The minimum absolute atomic E-state index is 0.0432. The summed E-state index contributed by atoms with van der Waals surface area (Å²) >= 11 is 0. The van der Waals surface area contributed by atoms with Crippen LogP contribution in [0.1, 0.15) is 19.3 Å². The van der Waals surface area contributed by atoms with Gasteiger partial charge >= 0.3 is 0 Å². The molecule has 1 aromatic rings. The molecule has 2 aliphatic rings. The average Bonchev–Trinajstić information content (AvgIpc) is 3.17. The fourth-order valence-electron chi connectivity index (χ4n) is 3.15. The summed E-state index contributed by atoms with van der Waals surface area (Å²) in [5.74, 6) is 0.751. The highest BCUT2D eigenvalue weighted by atomic mass is 16.2. The molecule has 108 valence electrons. The molecule has 3 rings (SSSR count). The predicted octanol–water partition coefficient (Wildman–Crippen LogP) is 1.38. The summed E-state index contributed by atoms with van der Waals surface area (Å²) in [7, 11) is 0. The van der Waals surface area contributed by atoms with Crippen molar-refractivity contribution in [1.82, 2.24) is 10.6 Å². The van der Waals surface area contributed by atoms with E-state index in [4.69, 9.17) is 0 Å². The van der Waals surface area contributed by atoms with Crippen LogP contribution < -0.4 is 15.5 Å². The van der Waals surface area contributed by atoms with Crippen LogP contribution >= 0.6 is 0 Å². The number of anilines is 1. The summed E-state index contributed by atoms with van der Waals surface area (Å²) in [5.41, 5.74) is 1.29. The minimum Gasteiger partial charge on any atom is -0.371 e. The maximum atomic E-state index is 12.0. The van der Waals surface area contributed by atoms with E-state index in [1.54, 1.807) is 0 Å². The third-order valence-corrected chi connectivity index (χ3v) is 4.35. The Morgan fingerprint density at radius 3 is 2.90 bits per heavy atom. The smallest absolute Gasteiger partial charge is 0.237 e. The molecule has 0 saturated carbocycles. The average molecular weight is 273 g/mol. The molecule has 1 aromatic carbocycles. The third kappa shape index (κ3) is 3.12. The van der Waals surface area contributed by atoms with Gasteiger partial charge in [0, 0.05) is 25.3 Å². The summed E-state index contributed by atoms with van der Waals surface area (Å²) in [5, 5.41) is 6.35. The van der Waals surface area contributed by atoms with E-state index in [0.29, 0.717) is 5.92 Å². The Labute approximate surface area is 120 Å². The molecule has 2 fully saturated rings. The first kappa shape index (κ1) is 13.4. The lowest BCUT2D eigenvalue weighted by molar-refractivity contribution is -0.122. The molecule has 0 aromatic heterocycles. The lowest BCUT2D eigenvalue weighted by Gasteiger charge is -2.19. The number of hydrogen-bond donors (Lipinski definition) is 2. The minimum atomic E-state index is 0.0432. The van der Waals surface area contributed by atoms with E-state index in [0.717, 1.165) is 45.4 Å². The van der Waals surface area contributed by atoms with E-state index in [2.05, 4.69) is 39.8 Å². The highest BCUT2D eigenvalue weighted by Gasteiger charge is 2.25. The number of nitrogens with one attached hydrogen (secondary N) is 2. The van der Waals surface area contributed by atoms with Crippen LogP contribution in [0, 0.1) is 5.92 Å². The van der Waals surface area contributed by atoms with Crippen LogP contribution in [0.5, 0.6) is 0 Å². The maximum absolute atomic E-state index is 12.0. The van der Waals surface area contributed by atoms with Crippen LogP contribution in [-0.4, -0.2) is 38.1 Å². The molecule has 4 heteroatoms. The Morgan fingerprint density at radius 1 is 1.30 bits per heavy atom. The van der Waals surface area contributed by atoms with E-state index in [1.165, 1.54) is 5.69 Å². The summed E-state index contributed by atoms with van der Waals surface area (Å²) in [4.78, 5) is 14.4. The zero-order valence-electron chi connectivity index (χ0n) is 11.8. The Hall–Kier alpha value is -1.55. The van der Waals surface area contributed by atoms with Crippen molar-refractivity contribution < 1.29 is 4.79 Å². The van der Waals surface area contributed by atoms with Gasteiger partial charge in [-0.2, -0.15) is 0 Å². The number of carbonyl (C=O) groups is 1. The molecular formula is C16H23N3O. The second kappa shape index (κ2) is 6.27. The first-order valence-corrected chi connectivity index (χ1v) is 7.64. The number of nitrogens with zero attached hydrogens (tertiary/aromatic N) is 1. The van der Waals surface area contributed by atoms with Crippen molar-refractivity contribution in [3.63, 3.8) is 0 Å². The van der Waals surface area contributed by atoms with Crippen molar-refractivity contribution >= 4 is 11.6 Å². The number of benzene rings is 1. The molecule has 2 unspecified atom stereocenters. The maximum Gasteiger partial charge on any atom is 0.237 e. The fraction of sp³-hybridized carbons (Fsp3) is 0.562. The molecule has 2 aliphatic heterocycles. The van der Waals surface area contributed by atoms with Gasteiger partial charge in [-0.1, -0.05) is 18.2 Å². The van der Waals surface area contributed by atoms with Crippen molar-refractivity contribution in [2.24, 2.45) is 5.92 Å². The zero-order valence-corrected chi connectivity index (χ0v) is 11.8. The van der Waals surface area contributed by atoms with E-state index in [1.807, 2.05) is 6.07 Å². The first-order valence-electron chi connectivity index (χ1n) is 7.64. The molecule has 2 atom stereocenters.